The van der Waals surface area contributed by atoms with E-state index in [2.05, 4.69) is 15.3 Å². The van der Waals surface area contributed by atoms with Gasteiger partial charge in [0.15, 0.2) is 0 Å². The van der Waals surface area contributed by atoms with Gasteiger partial charge in [0, 0.05) is 13.2 Å². The third-order valence-corrected chi connectivity index (χ3v) is 5.05. The molecule has 1 fully saturated rings. The fourth-order valence-electron chi connectivity index (χ4n) is 2.78. The van der Waals surface area contributed by atoms with E-state index in [1.54, 1.807) is 6.92 Å². The molecule has 0 radical (unpaired) electrons. The van der Waals surface area contributed by atoms with Crippen LogP contribution < -0.4 is 5.32 Å². The van der Waals surface area contributed by atoms with E-state index in [9.17, 15) is 4.79 Å². The van der Waals surface area contributed by atoms with Crippen LogP contribution in [0.3, 0.4) is 0 Å². The number of hydrogen-bond acceptors (Lipinski definition) is 7. The van der Waals surface area contributed by atoms with Gasteiger partial charge in [-0.15, -0.1) is 11.3 Å². The van der Waals surface area contributed by atoms with Crippen molar-refractivity contribution in [3.63, 3.8) is 0 Å². The van der Waals surface area contributed by atoms with Crippen molar-refractivity contribution in [1.29, 1.82) is 0 Å². The maximum absolute atomic E-state index is 12.1. The van der Waals surface area contributed by atoms with Crippen LogP contribution in [0.1, 0.15) is 40.8 Å². The first-order valence-corrected chi connectivity index (χ1v) is 8.72. The third-order valence-electron chi connectivity index (χ3n) is 3.88. The largest absolute Gasteiger partial charge is 0.462 e. The highest BCUT2D eigenvalue weighted by Crippen LogP contribution is 2.34. The Hall–Kier alpha value is -1.73. The van der Waals surface area contributed by atoms with E-state index in [0.29, 0.717) is 17.3 Å². The molecule has 1 unspecified atom stereocenters. The van der Waals surface area contributed by atoms with Gasteiger partial charge in [-0.05, 0) is 39.2 Å². The van der Waals surface area contributed by atoms with Crippen LogP contribution in [0.15, 0.2) is 0 Å². The zero-order valence-electron chi connectivity index (χ0n) is 13.6. The molecule has 0 bridgehead atoms. The van der Waals surface area contributed by atoms with E-state index in [1.165, 1.54) is 11.3 Å². The second kappa shape index (κ2) is 6.80. The van der Waals surface area contributed by atoms with Crippen LogP contribution in [0.5, 0.6) is 0 Å². The van der Waals surface area contributed by atoms with E-state index in [1.807, 2.05) is 13.8 Å². The molecule has 6 nitrogen and oxygen atoms in total. The molecular weight excluding hydrogens is 314 g/mol. The summed E-state index contributed by atoms with van der Waals surface area (Å²) >= 11 is 1.36. The van der Waals surface area contributed by atoms with E-state index < -0.39 is 0 Å². The molecule has 0 amide bonds. The Morgan fingerprint density at radius 3 is 2.96 bits per heavy atom. The third kappa shape index (κ3) is 3.30. The van der Waals surface area contributed by atoms with Crippen molar-refractivity contribution in [2.24, 2.45) is 0 Å². The summed E-state index contributed by atoms with van der Waals surface area (Å²) in [7, 11) is 0. The van der Waals surface area contributed by atoms with Crippen LogP contribution in [0.2, 0.25) is 0 Å². The van der Waals surface area contributed by atoms with Crippen molar-refractivity contribution >= 4 is 33.3 Å². The molecule has 0 aliphatic carbocycles. The summed E-state index contributed by atoms with van der Waals surface area (Å²) in [5.74, 6) is 1.16. The van der Waals surface area contributed by atoms with E-state index in [4.69, 9.17) is 9.47 Å². The summed E-state index contributed by atoms with van der Waals surface area (Å²) in [5.41, 5.74) is 0.873. The highest BCUT2D eigenvalue weighted by molar-refractivity contribution is 7.20. The number of rotatable bonds is 5. The standard InChI is InChI=1S/C16H21N3O3S/c1-4-21-16(20)13-9(2)12-14(17-8-11-6-5-7-22-11)18-10(3)19-15(12)23-13/h11H,4-8H2,1-3H3,(H,17,18,19). The smallest absolute Gasteiger partial charge is 0.348 e. The lowest BCUT2D eigenvalue weighted by Gasteiger charge is -2.12. The summed E-state index contributed by atoms with van der Waals surface area (Å²) in [6.45, 7) is 7.49. The number of aryl methyl sites for hydroxylation is 2. The number of carbonyl (C=O) groups excluding carboxylic acids is 1. The normalized spacial score (nSPS) is 17.6. The summed E-state index contributed by atoms with van der Waals surface area (Å²) in [4.78, 5) is 22.5. The van der Waals surface area contributed by atoms with Gasteiger partial charge in [0.05, 0.1) is 18.1 Å². The van der Waals surface area contributed by atoms with Crippen LogP contribution in [0.25, 0.3) is 10.2 Å². The number of nitrogens with zero attached hydrogens (tertiary/aromatic N) is 2. The lowest BCUT2D eigenvalue weighted by atomic mass is 10.2. The van der Waals surface area contributed by atoms with Crippen molar-refractivity contribution in [3.05, 3.63) is 16.3 Å². The van der Waals surface area contributed by atoms with Gasteiger partial charge in [-0.25, -0.2) is 14.8 Å². The lowest BCUT2D eigenvalue weighted by molar-refractivity contribution is 0.0531. The van der Waals surface area contributed by atoms with Gasteiger partial charge in [0.2, 0.25) is 0 Å². The maximum Gasteiger partial charge on any atom is 0.348 e. The molecule has 0 spiro atoms. The number of carbonyl (C=O) groups is 1. The molecule has 1 aliphatic heterocycles. The highest BCUT2D eigenvalue weighted by Gasteiger charge is 2.22. The number of anilines is 1. The summed E-state index contributed by atoms with van der Waals surface area (Å²) in [6, 6.07) is 0. The van der Waals surface area contributed by atoms with Crippen LogP contribution in [-0.4, -0.2) is 41.8 Å². The molecule has 2 aromatic heterocycles. The van der Waals surface area contributed by atoms with Crippen LogP contribution in [-0.2, 0) is 9.47 Å². The molecular formula is C16H21N3O3S. The maximum atomic E-state index is 12.1. The molecule has 1 N–H and O–H groups in total. The molecule has 2 aromatic rings. The second-order valence-electron chi connectivity index (χ2n) is 5.59. The van der Waals surface area contributed by atoms with Crippen molar-refractivity contribution < 1.29 is 14.3 Å². The first-order chi connectivity index (χ1) is 11.1. The zero-order chi connectivity index (χ0) is 16.4. The lowest BCUT2D eigenvalue weighted by Crippen LogP contribution is -2.19. The Balaban J connectivity index is 1.94. The topological polar surface area (TPSA) is 73.3 Å². The molecule has 23 heavy (non-hydrogen) atoms. The van der Waals surface area contributed by atoms with Crippen molar-refractivity contribution in [3.8, 4) is 0 Å². The van der Waals surface area contributed by atoms with Crippen molar-refractivity contribution in [1.82, 2.24) is 9.97 Å². The van der Waals surface area contributed by atoms with Gasteiger partial charge in [-0.3, -0.25) is 0 Å². The monoisotopic (exact) mass is 335 g/mol. The average Bonchev–Trinajstić information content (AvgIpc) is 3.13. The number of esters is 1. The van der Waals surface area contributed by atoms with Crippen molar-refractivity contribution in [2.45, 2.75) is 39.7 Å². The minimum Gasteiger partial charge on any atom is -0.462 e. The fourth-order valence-corrected chi connectivity index (χ4v) is 3.90. The minimum atomic E-state index is -0.296. The molecule has 0 aromatic carbocycles. The SMILES string of the molecule is CCOC(=O)c1sc2nc(C)nc(NCC3CCCO3)c2c1C. The van der Waals surface area contributed by atoms with E-state index in [-0.39, 0.29) is 12.1 Å². The molecule has 124 valence electrons. The number of hydrogen-bond donors (Lipinski definition) is 1. The Labute approximate surface area is 139 Å². The average molecular weight is 335 g/mol. The fraction of sp³-hybridized carbons (Fsp3) is 0.562. The van der Waals surface area contributed by atoms with Gasteiger partial charge in [0.25, 0.3) is 0 Å². The zero-order valence-corrected chi connectivity index (χ0v) is 14.5. The van der Waals surface area contributed by atoms with Crippen molar-refractivity contribution in [2.75, 3.05) is 25.1 Å². The first-order valence-electron chi connectivity index (χ1n) is 7.90. The Kier molecular flexibility index (Phi) is 4.77. The number of nitrogens with one attached hydrogen (secondary N) is 1. The highest BCUT2D eigenvalue weighted by atomic mass is 32.1. The first kappa shape index (κ1) is 16.1. The molecule has 1 atom stereocenters. The quantitative estimate of drug-likeness (QED) is 0.847. The summed E-state index contributed by atoms with van der Waals surface area (Å²) in [5, 5.41) is 4.28. The number of fused-ring (bicyclic) bond motifs is 1. The minimum absolute atomic E-state index is 0.226. The van der Waals surface area contributed by atoms with Gasteiger partial charge >= 0.3 is 5.97 Å². The van der Waals surface area contributed by atoms with Crippen LogP contribution in [0, 0.1) is 13.8 Å². The summed E-state index contributed by atoms with van der Waals surface area (Å²) in [6.07, 6.45) is 2.40. The van der Waals surface area contributed by atoms with Gasteiger partial charge in [-0.2, -0.15) is 0 Å². The Bertz CT molecular complexity index is 723. The molecule has 3 heterocycles. The summed E-state index contributed by atoms with van der Waals surface area (Å²) < 4.78 is 10.8. The van der Waals surface area contributed by atoms with Gasteiger partial charge < -0.3 is 14.8 Å². The van der Waals surface area contributed by atoms with Crippen LogP contribution >= 0.6 is 11.3 Å². The van der Waals surface area contributed by atoms with Crippen LogP contribution in [0.4, 0.5) is 5.82 Å². The number of ether oxygens (including phenoxy) is 2. The number of aromatic nitrogens is 2. The Morgan fingerprint density at radius 1 is 1.43 bits per heavy atom. The number of thiophene rings is 1. The molecule has 7 heteroatoms. The van der Waals surface area contributed by atoms with Gasteiger partial charge in [0.1, 0.15) is 21.3 Å². The molecule has 0 saturated carbocycles. The predicted octanol–water partition coefficient (Wildman–Crippen LogP) is 3.08. The molecule has 1 aliphatic rings. The predicted molar refractivity (Wildman–Crippen MR) is 90.3 cm³/mol. The molecule has 3 rings (SSSR count). The van der Waals surface area contributed by atoms with E-state index in [0.717, 1.165) is 47.6 Å². The van der Waals surface area contributed by atoms with Gasteiger partial charge in [-0.1, -0.05) is 0 Å². The van der Waals surface area contributed by atoms with E-state index >= 15 is 0 Å². The Morgan fingerprint density at radius 2 is 2.26 bits per heavy atom. The second-order valence-corrected chi connectivity index (χ2v) is 6.59. The molecule has 1 saturated heterocycles.